The van der Waals surface area contributed by atoms with E-state index < -0.39 is 0 Å². The predicted octanol–water partition coefficient (Wildman–Crippen LogP) is 3.40. The molecule has 0 bridgehead atoms. The van der Waals surface area contributed by atoms with Gasteiger partial charge in [0.15, 0.2) is 11.5 Å². The summed E-state index contributed by atoms with van der Waals surface area (Å²) in [4.78, 5) is 12.0. The van der Waals surface area contributed by atoms with Gasteiger partial charge in [-0.1, -0.05) is 19.9 Å². The minimum Gasteiger partial charge on any atom is -0.486 e. The van der Waals surface area contributed by atoms with Crippen LogP contribution in [-0.4, -0.2) is 25.3 Å². The van der Waals surface area contributed by atoms with Crippen LogP contribution in [0.4, 0.5) is 10.5 Å². The fraction of sp³-hybridized carbons (Fsp3) is 0.562. The van der Waals surface area contributed by atoms with E-state index in [1.54, 1.807) is 0 Å². The van der Waals surface area contributed by atoms with Crippen molar-refractivity contribution in [1.29, 1.82) is 0 Å². The van der Waals surface area contributed by atoms with Crippen LogP contribution in [0.25, 0.3) is 0 Å². The highest BCUT2D eigenvalue weighted by Crippen LogP contribution is 2.37. The van der Waals surface area contributed by atoms with E-state index in [2.05, 4.69) is 24.5 Å². The van der Waals surface area contributed by atoms with Crippen molar-refractivity contribution in [2.24, 2.45) is 5.92 Å². The molecule has 0 fully saturated rings. The molecule has 5 nitrogen and oxygen atoms in total. The van der Waals surface area contributed by atoms with Crippen LogP contribution in [0.15, 0.2) is 18.2 Å². The lowest BCUT2D eigenvalue weighted by molar-refractivity contribution is 0.172. The van der Waals surface area contributed by atoms with Crippen LogP contribution in [0, 0.1) is 5.92 Å². The van der Waals surface area contributed by atoms with Crippen molar-refractivity contribution in [1.82, 2.24) is 5.32 Å². The van der Waals surface area contributed by atoms with Gasteiger partial charge in [0.05, 0.1) is 5.69 Å². The first-order valence-corrected chi connectivity index (χ1v) is 7.52. The van der Waals surface area contributed by atoms with Crippen molar-refractivity contribution in [3.05, 3.63) is 18.2 Å². The van der Waals surface area contributed by atoms with Gasteiger partial charge >= 0.3 is 6.03 Å². The van der Waals surface area contributed by atoms with Gasteiger partial charge < -0.3 is 20.1 Å². The zero-order valence-corrected chi connectivity index (χ0v) is 12.9. The molecule has 5 heteroatoms. The minimum absolute atomic E-state index is 0.143. The van der Waals surface area contributed by atoms with Crippen LogP contribution in [0.5, 0.6) is 11.5 Å². The summed E-state index contributed by atoms with van der Waals surface area (Å²) in [5, 5.41) is 5.78. The first-order chi connectivity index (χ1) is 10.1. The van der Waals surface area contributed by atoms with Crippen LogP contribution >= 0.6 is 0 Å². The van der Waals surface area contributed by atoms with Crippen molar-refractivity contribution in [3.63, 3.8) is 0 Å². The zero-order valence-electron chi connectivity index (χ0n) is 12.9. The molecule has 1 aromatic carbocycles. The average Bonchev–Trinajstić information content (AvgIpc) is 2.45. The lowest BCUT2D eigenvalue weighted by Crippen LogP contribution is -2.36. The van der Waals surface area contributed by atoms with Gasteiger partial charge in [-0.3, -0.25) is 0 Å². The Hall–Kier alpha value is -1.91. The van der Waals surface area contributed by atoms with Gasteiger partial charge in [-0.15, -0.1) is 0 Å². The SMILES string of the molecule is CC(C)CCC(C)NC(=O)Nc1cccc2c1OCCO2. The van der Waals surface area contributed by atoms with Crippen molar-refractivity contribution in [2.45, 2.75) is 39.7 Å². The number of urea groups is 1. The van der Waals surface area contributed by atoms with Crippen LogP contribution in [0.3, 0.4) is 0 Å². The first-order valence-electron chi connectivity index (χ1n) is 7.52. The number of anilines is 1. The number of nitrogens with one attached hydrogen (secondary N) is 2. The van der Waals surface area contributed by atoms with E-state index in [9.17, 15) is 4.79 Å². The lowest BCUT2D eigenvalue weighted by atomic mass is 10.0. The molecule has 1 atom stereocenters. The maximum absolute atomic E-state index is 12.0. The molecule has 0 aromatic heterocycles. The molecule has 0 radical (unpaired) electrons. The fourth-order valence-electron chi connectivity index (χ4n) is 2.21. The number of fused-ring (bicyclic) bond motifs is 1. The van der Waals surface area contributed by atoms with Gasteiger partial charge in [0, 0.05) is 6.04 Å². The van der Waals surface area contributed by atoms with Gasteiger partial charge in [-0.05, 0) is 37.8 Å². The molecule has 1 unspecified atom stereocenters. The number of carbonyl (C=O) groups excluding carboxylic acids is 1. The summed E-state index contributed by atoms with van der Waals surface area (Å²) in [6, 6.07) is 5.41. The van der Waals surface area contributed by atoms with Crippen molar-refractivity contribution in [3.8, 4) is 11.5 Å². The van der Waals surface area contributed by atoms with E-state index in [-0.39, 0.29) is 12.1 Å². The molecule has 0 saturated carbocycles. The molecule has 2 rings (SSSR count). The normalized spacial score (nSPS) is 14.7. The molecule has 0 aliphatic carbocycles. The van der Waals surface area contributed by atoms with Crippen molar-refractivity contribution < 1.29 is 14.3 Å². The van der Waals surface area contributed by atoms with E-state index in [0.717, 1.165) is 12.8 Å². The van der Waals surface area contributed by atoms with Crippen LogP contribution in [-0.2, 0) is 0 Å². The maximum atomic E-state index is 12.0. The molecule has 1 aliphatic heterocycles. The quantitative estimate of drug-likeness (QED) is 0.874. The van der Waals surface area contributed by atoms with Crippen LogP contribution in [0.1, 0.15) is 33.6 Å². The number of carbonyl (C=O) groups is 1. The average molecular weight is 292 g/mol. The number of hydrogen-bond acceptors (Lipinski definition) is 3. The lowest BCUT2D eigenvalue weighted by Gasteiger charge is -2.22. The monoisotopic (exact) mass is 292 g/mol. The topological polar surface area (TPSA) is 59.6 Å². The smallest absolute Gasteiger partial charge is 0.319 e. The molecule has 2 N–H and O–H groups in total. The molecule has 1 heterocycles. The summed E-state index contributed by atoms with van der Waals surface area (Å²) >= 11 is 0. The number of rotatable bonds is 5. The van der Waals surface area contributed by atoms with E-state index in [1.165, 1.54) is 0 Å². The third kappa shape index (κ3) is 4.55. The van der Waals surface area contributed by atoms with E-state index in [0.29, 0.717) is 36.3 Å². The minimum atomic E-state index is -0.214. The molecule has 21 heavy (non-hydrogen) atoms. The molecular weight excluding hydrogens is 268 g/mol. The second-order valence-corrected chi connectivity index (χ2v) is 5.80. The number of hydrogen-bond donors (Lipinski definition) is 2. The largest absolute Gasteiger partial charge is 0.486 e. The highest BCUT2D eigenvalue weighted by atomic mass is 16.6. The summed E-state index contributed by atoms with van der Waals surface area (Å²) in [6.45, 7) is 7.41. The Kier molecular flexibility index (Phi) is 5.31. The second-order valence-electron chi connectivity index (χ2n) is 5.80. The Balaban J connectivity index is 1.91. The molecule has 2 amide bonds. The summed E-state index contributed by atoms with van der Waals surface area (Å²) in [5.41, 5.74) is 0.640. The van der Waals surface area contributed by atoms with E-state index in [4.69, 9.17) is 9.47 Å². The highest BCUT2D eigenvalue weighted by Gasteiger charge is 2.17. The summed E-state index contributed by atoms with van der Waals surface area (Å²) in [6.07, 6.45) is 2.07. The Morgan fingerprint density at radius 1 is 1.19 bits per heavy atom. The Bertz CT molecular complexity index is 488. The molecule has 0 saturated heterocycles. The van der Waals surface area contributed by atoms with Crippen molar-refractivity contribution in [2.75, 3.05) is 18.5 Å². The number of para-hydroxylation sites is 1. The Morgan fingerprint density at radius 2 is 1.95 bits per heavy atom. The maximum Gasteiger partial charge on any atom is 0.319 e. The van der Waals surface area contributed by atoms with Gasteiger partial charge in [0.25, 0.3) is 0 Å². The molecule has 1 aromatic rings. The standard InChI is InChI=1S/C16H24N2O3/c1-11(2)7-8-12(3)17-16(19)18-13-5-4-6-14-15(13)21-10-9-20-14/h4-6,11-12H,7-10H2,1-3H3,(H2,17,18,19). The summed E-state index contributed by atoms with van der Waals surface area (Å²) in [5.74, 6) is 1.92. The third-order valence-electron chi connectivity index (χ3n) is 3.37. The Morgan fingerprint density at radius 3 is 2.71 bits per heavy atom. The van der Waals surface area contributed by atoms with Crippen molar-refractivity contribution >= 4 is 11.7 Å². The van der Waals surface area contributed by atoms with Gasteiger partial charge in [0.1, 0.15) is 13.2 Å². The highest BCUT2D eigenvalue weighted by molar-refractivity contribution is 5.91. The first kappa shape index (κ1) is 15.5. The zero-order chi connectivity index (χ0) is 15.2. The second kappa shape index (κ2) is 7.20. The molecule has 1 aliphatic rings. The molecular formula is C16H24N2O3. The number of ether oxygens (including phenoxy) is 2. The summed E-state index contributed by atoms with van der Waals surface area (Å²) in [7, 11) is 0. The molecule has 116 valence electrons. The third-order valence-corrected chi connectivity index (χ3v) is 3.37. The fourth-order valence-corrected chi connectivity index (χ4v) is 2.21. The van der Waals surface area contributed by atoms with Crippen LogP contribution in [0.2, 0.25) is 0 Å². The van der Waals surface area contributed by atoms with Gasteiger partial charge in [0.2, 0.25) is 0 Å². The van der Waals surface area contributed by atoms with E-state index >= 15 is 0 Å². The summed E-state index contributed by atoms with van der Waals surface area (Å²) < 4.78 is 11.1. The van der Waals surface area contributed by atoms with Crippen LogP contribution < -0.4 is 20.1 Å². The number of amides is 2. The van der Waals surface area contributed by atoms with Gasteiger partial charge in [-0.25, -0.2) is 4.79 Å². The number of benzene rings is 1. The predicted molar refractivity (Wildman–Crippen MR) is 83.1 cm³/mol. The van der Waals surface area contributed by atoms with E-state index in [1.807, 2.05) is 25.1 Å². The van der Waals surface area contributed by atoms with Gasteiger partial charge in [-0.2, -0.15) is 0 Å². The Labute approximate surface area is 126 Å². The molecule has 0 spiro atoms.